The lowest BCUT2D eigenvalue weighted by molar-refractivity contribution is 0.976. The van der Waals surface area contributed by atoms with E-state index in [1.54, 1.807) is 0 Å². The van der Waals surface area contributed by atoms with Crippen LogP contribution in [0.15, 0.2) is 12.1 Å². The van der Waals surface area contributed by atoms with E-state index in [4.69, 9.17) is 11.6 Å². The van der Waals surface area contributed by atoms with Crippen LogP contribution in [0.5, 0.6) is 0 Å². The minimum atomic E-state index is 0.721. The molecular weight excluding hydrogens is 244 g/mol. The average molecular weight is 263 g/mol. The summed E-state index contributed by atoms with van der Waals surface area (Å²) in [4.78, 5) is 4.63. The first-order valence-electron chi connectivity index (χ1n) is 6.36. The van der Waals surface area contributed by atoms with Gasteiger partial charge in [0.1, 0.15) is 0 Å². The van der Waals surface area contributed by atoms with Crippen LogP contribution in [-0.4, -0.2) is 11.5 Å². The Kier molecular flexibility index (Phi) is 3.76. The van der Waals surface area contributed by atoms with Gasteiger partial charge in [0.2, 0.25) is 0 Å². The highest BCUT2D eigenvalue weighted by atomic mass is 35.5. The standard InChI is InChI=1S/C15H19ClN2/c1-5-8-17-14-10(3)11(4)18-15-12(16)7-6-9(2)13(14)15/h6-7H,5,8H2,1-4H3,(H,17,18). The molecule has 3 heteroatoms. The maximum Gasteiger partial charge on any atom is 0.0914 e. The van der Waals surface area contributed by atoms with Gasteiger partial charge in [0.15, 0.2) is 0 Å². The van der Waals surface area contributed by atoms with E-state index in [1.165, 1.54) is 16.8 Å². The Balaban J connectivity index is 2.79. The smallest absolute Gasteiger partial charge is 0.0914 e. The highest BCUT2D eigenvalue weighted by Crippen LogP contribution is 2.34. The monoisotopic (exact) mass is 262 g/mol. The van der Waals surface area contributed by atoms with E-state index < -0.39 is 0 Å². The largest absolute Gasteiger partial charge is 0.384 e. The molecule has 0 atom stereocenters. The SMILES string of the molecule is CCCNc1c(C)c(C)nc2c(Cl)ccc(C)c12. The van der Waals surface area contributed by atoms with E-state index in [9.17, 15) is 0 Å². The normalized spacial score (nSPS) is 10.9. The minimum absolute atomic E-state index is 0.721. The number of nitrogens with one attached hydrogen (secondary N) is 1. The van der Waals surface area contributed by atoms with Crippen molar-refractivity contribution < 1.29 is 0 Å². The Bertz CT molecular complexity index is 591. The minimum Gasteiger partial charge on any atom is -0.384 e. The molecule has 0 radical (unpaired) electrons. The number of hydrogen-bond donors (Lipinski definition) is 1. The van der Waals surface area contributed by atoms with Crippen LogP contribution in [0.2, 0.25) is 5.02 Å². The van der Waals surface area contributed by atoms with Crippen molar-refractivity contribution in [3.63, 3.8) is 0 Å². The molecule has 18 heavy (non-hydrogen) atoms. The molecule has 1 aromatic carbocycles. The van der Waals surface area contributed by atoms with Gasteiger partial charge >= 0.3 is 0 Å². The van der Waals surface area contributed by atoms with Gasteiger partial charge in [-0.25, -0.2) is 0 Å². The third-order valence-corrected chi connectivity index (χ3v) is 3.64. The first kappa shape index (κ1) is 13.2. The summed E-state index contributed by atoms with van der Waals surface area (Å²) in [5.74, 6) is 0. The summed E-state index contributed by atoms with van der Waals surface area (Å²) < 4.78 is 0. The lowest BCUT2D eigenvalue weighted by atomic mass is 10.0. The topological polar surface area (TPSA) is 24.9 Å². The molecule has 0 bridgehead atoms. The van der Waals surface area contributed by atoms with E-state index in [1.807, 2.05) is 13.0 Å². The molecule has 1 N–H and O–H groups in total. The summed E-state index contributed by atoms with van der Waals surface area (Å²) in [7, 11) is 0. The first-order chi connectivity index (χ1) is 8.56. The number of halogens is 1. The van der Waals surface area contributed by atoms with Crippen LogP contribution in [0, 0.1) is 20.8 Å². The van der Waals surface area contributed by atoms with Gasteiger partial charge in [0, 0.05) is 23.3 Å². The van der Waals surface area contributed by atoms with Gasteiger partial charge in [-0.05, 0) is 44.4 Å². The molecule has 1 aromatic heterocycles. The summed E-state index contributed by atoms with van der Waals surface area (Å²) in [6.07, 6.45) is 1.10. The number of pyridine rings is 1. The number of hydrogen-bond acceptors (Lipinski definition) is 2. The van der Waals surface area contributed by atoms with Crippen LogP contribution in [0.3, 0.4) is 0 Å². The Morgan fingerprint density at radius 1 is 1.22 bits per heavy atom. The van der Waals surface area contributed by atoms with Gasteiger partial charge < -0.3 is 5.32 Å². The molecule has 1 heterocycles. The maximum absolute atomic E-state index is 6.27. The molecule has 0 aliphatic carbocycles. The zero-order chi connectivity index (χ0) is 13.3. The van der Waals surface area contributed by atoms with Crippen LogP contribution < -0.4 is 5.32 Å². The van der Waals surface area contributed by atoms with E-state index in [0.29, 0.717) is 0 Å². The molecule has 0 saturated carbocycles. The third kappa shape index (κ3) is 2.17. The molecule has 2 nitrogen and oxygen atoms in total. The number of aromatic nitrogens is 1. The lowest BCUT2D eigenvalue weighted by Crippen LogP contribution is -2.05. The third-order valence-electron chi connectivity index (χ3n) is 3.34. The van der Waals surface area contributed by atoms with Crippen LogP contribution >= 0.6 is 11.6 Å². The number of nitrogens with zero attached hydrogens (tertiary/aromatic N) is 1. The van der Waals surface area contributed by atoms with Crippen molar-refractivity contribution in [2.45, 2.75) is 34.1 Å². The van der Waals surface area contributed by atoms with Crippen LogP contribution in [0.4, 0.5) is 5.69 Å². The van der Waals surface area contributed by atoms with E-state index in [0.717, 1.165) is 34.6 Å². The summed E-state index contributed by atoms with van der Waals surface area (Å²) in [6.45, 7) is 9.38. The van der Waals surface area contributed by atoms with Gasteiger partial charge in [0.25, 0.3) is 0 Å². The zero-order valence-corrected chi connectivity index (χ0v) is 12.2. The summed E-state index contributed by atoms with van der Waals surface area (Å²) in [6, 6.07) is 3.98. The number of fused-ring (bicyclic) bond motifs is 1. The second kappa shape index (κ2) is 5.15. The van der Waals surface area contributed by atoms with Crippen molar-refractivity contribution in [1.82, 2.24) is 4.98 Å². The highest BCUT2D eigenvalue weighted by Gasteiger charge is 2.13. The molecular formula is C15H19ClN2. The molecule has 0 aliphatic heterocycles. The Hall–Kier alpha value is -1.28. The summed E-state index contributed by atoms with van der Waals surface area (Å²) in [5, 5.41) is 5.39. The quantitative estimate of drug-likeness (QED) is 0.872. The Labute approximate surface area is 113 Å². The second-order valence-electron chi connectivity index (χ2n) is 4.71. The van der Waals surface area contributed by atoms with E-state index in [-0.39, 0.29) is 0 Å². The molecule has 0 aliphatic rings. The molecule has 0 amide bonds. The molecule has 96 valence electrons. The van der Waals surface area contributed by atoms with Crippen LogP contribution in [0.1, 0.15) is 30.2 Å². The number of benzene rings is 1. The lowest BCUT2D eigenvalue weighted by Gasteiger charge is -2.16. The van der Waals surface area contributed by atoms with Gasteiger partial charge in [-0.1, -0.05) is 24.6 Å². The van der Waals surface area contributed by atoms with E-state index in [2.05, 4.69) is 37.1 Å². The fraction of sp³-hybridized carbons (Fsp3) is 0.400. The Morgan fingerprint density at radius 3 is 2.61 bits per heavy atom. The van der Waals surface area contributed by atoms with Crippen molar-refractivity contribution in [1.29, 1.82) is 0 Å². The van der Waals surface area contributed by atoms with Crippen molar-refractivity contribution >= 4 is 28.2 Å². The molecule has 0 spiro atoms. The van der Waals surface area contributed by atoms with Gasteiger partial charge in [0.05, 0.1) is 10.5 Å². The number of aryl methyl sites for hydroxylation is 2. The van der Waals surface area contributed by atoms with Gasteiger partial charge in [-0.15, -0.1) is 0 Å². The average Bonchev–Trinajstić information content (AvgIpc) is 2.35. The highest BCUT2D eigenvalue weighted by molar-refractivity contribution is 6.35. The number of anilines is 1. The summed E-state index contributed by atoms with van der Waals surface area (Å²) in [5.41, 5.74) is 5.54. The van der Waals surface area contributed by atoms with Crippen molar-refractivity contribution in [2.75, 3.05) is 11.9 Å². The Morgan fingerprint density at radius 2 is 1.94 bits per heavy atom. The van der Waals surface area contributed by atoms with Crippen LogP contribution in [0.25, 0.3) is 10.9 Å². The van der Waals surface area contributed by atoms with Gasteiger partial charge in [-0.2, -0.15) is 0 Å². The van der Waals surface area contributed by atoms with E-state index >= 15 is 0 Å². The first-order valence-corrected chi connectivity index (χ1v) is 6.74. The number of rotatable bonds is 3. The molecule has 2 aromatic rings. The predicted molar refractivity (Wildman–Crippen MR) is 79.7 cm³/mol. The molecule has 0 fully saturated rings. The zero-order valence-electron chi connectivity index (χ0n) is 11.4. The second-order valence-corrected chi connectivity index (χ2v) is 5.12. The maximum atomic E-state index is 6.27. The van der Waals surface area contributed by atoms with Gasteiger partial charge in [-0.3, -0.25) is 4.98 Å². The predicted octanol–water partition coefficient (Wildman–Crippen LogP) is 4.64. The molecule has 0 unspecified atom stereocenters. The fourth-order valence-corrected chi connectivity index (χ4v) is 2.38. The van der Waals surface area contributed by atoms with Crippen molar-refractivity contribution in [3.8, 4) is 0 Å². The fourth-order valence-electron chi connectivity index (χ4n) is 2.18. The van der Waals surface area contributed by atoms with Crippen LogP contribution in [-0.2, 0) is 0 Å². The molecule has 0 saturated heterocycles. The molecule has 2 rings (SSSR count). The van der Waals surface area contributed by atoms with Crippen molar-refractivity contribution in [2.24, 2.45) is 0 Å². The van der Waals surface area contributed by atoms with Crippen molar-refractivity contribution in [3.05, 3.63) is 34.0 Å². The summed E-state index contributed by atoms with van der Waals surface area (Å²) >= 11 is 6.27.